The van der Waals surface area contributed by atoms with Gasteiger partial charge in [0.05, 0.1) is 15.1 Å². The van der Waals surface area contributed by atoms with E-state index in [0.717, 1.165) is 0 Å². The van der Waals surface area contributed by atoms with E-state index < -0.39 is 11.7 Å². The monoisotopic (exact) mass is 343 g/mol. The summed E-state index contributed by atoms with van der Waals surface area (Å²) < 4.78 is 13.6. The Hall–Kier alpha value is -1.66. The molecule has 0 radical (unpaired) electrons. The van der Waals surface area contributed by atoms with Crippen LogP contribution in [0.2, 0.25) is 5.02 Å². The predicted molar refractivity (Wildman–Crippen MR) is 75.7 cm³/mol. The number of nitrogens with zero attached hydrogens (tertiary/aromatic N) is 1. The number of halogens is 3. The molecular weight excluding hydrogens is 337 g/mol. The third kappa shape index (κ3) is 3.21. The summed E-state index contributed by atoms with van der Waals surface area (Å²) in [7, 11) is 0. The van der Waals surface area contributed by atoms with Crippen molar-refractivity contribution in [3.8, 4) is 0 Å². The number of carbonyl (C=O) groups is 1. The van der Waals surface area contributed by atoms with Crippen molar-refractivity contribution in [3.63, 3.8) is 0 Å². The number of rotatable bonds is 2. The lowest BCUT2D eigenvalue weighted by Crippen LogP contribution is -2.13. The Morgan fingerprint density at radius 1 is 1.42 bits per heavy atom. The van der Waals surface area contributed by atoms with Crippen LogP contribution in [0.25, 0.3) is 0 Å². The summed E-state index contributed by atoms with van der Waals surface area (Å²) in [4.78, 5) is 15.7. The lowest BCUT2D eigenvalue weighted by molar-refractivity contribution is 0.102. The molecule has 2 aromatic rings. The van der Waals surface area contributed by atoms with Crippen molar-refractivity contribution in [1.29, 1.82) is 0 Å². The number of nitrogens with one attached hydrogen (secondary N) is 1. The Morgan fingerprint density at radius 2 is 2.16 bits per heavy atom. The SMILES string of the molecule is Nc1cc(C(=O)Nc2ccc(Br)c(F)c2)c(Cl)cn1. The van der Waals surface area contributed by atoms with E-state index in [4.69, 9.17) is 17.3 Å². The number of anilines is 2. The van der Waals surface area contributed by atoms with E-state index in [-0.39, 0.29) is 16.4 Å². The largest absolute Gasteiger partial charge is 0.384 e. The van der Waals surface area contributed by atoms with Gasteiger partial charge < -0.3 is 11.1 Å². The van der Waals surface area contributed by atoms with Gasteiger partial charge in [-0.3, -0.25) is 4.79 Å². The second-order valence-electron chi connectivity index (χ2n) is 3.67. The minimum Gasteiger partial charge on any atom is -0.384 e. The lowest BCUT2D eigenvalue weighted by Gasteiger charge is -2.07. The summed E-state index contributed by atoms with van der Waals surface area (Å²) in [6.45, 7) is 0. The van der Waals surface area contributed by atoms with Crippen molar-refractivity contribution in [1.82, 2.24) is 4.98 Å². The van der Waals surface area contributed by atoms with Gasteiger partial charge >= 0.3 is 0 Å². The third-order valence-electron chi connectivity index (χ3n) is 2.30. The van der Waals surface area contributed by atoms with Crippen molar-refractivity contribution >= 4 is 44.9 Å². The van der Waals surface area contributed by atoms with Crippen LogP contribution in [0.15, 0.2) is 34.9 Å². The van der Waals surface area contributed by atoms with Crippen molar-refractivity contribution in [2.45, 2.75) is 0 Å². The van der Waals surface area contributed by atoms with E-state index in [0.29, 0.717) is 10.2 Å². The van der Waals surface area contributed by atoms with Gasteiger partial charge in [-0.1, -0.05) is 11.6 Å². The van der Waals surface area contributed by atoms with Gasteiger partial charge in [0.15, 0.2) is 0 Å². The standard InChI is InChI=1S/C12H8BrClFN3O/c13-8-2-1-6(3-10(8)15)18-12(19)7-4-11(16)17-5-9(7)14/h1-5H,(H2,16,17)(H,18,19). The summed E-state index contributed by atoms with van der Waals surface area (Å²) in [6.07, 6.45) is 1.29. The quantitative estimate of drug-likeness (QED) is 0.876. The molecule has 0 saturated heterocycles. The first-order valence-electron chi connectivity index (χ1n) is 5.15. The van der Waals surface area contributed by atoms with Crippen LogP contribution in [0.3, 0.4) is 0 Å². The highest BCUT2D eigenvalue weighted by molar-refractivity contribution is 9.10. The number of hydrogen-bond donors (Lipinski definition) is 2. The average molecular weight is 345 g/mol. The summed E-state index contributed by atoms with van der Waals surface area (Å²) in [6, 6.07) is 5.60. The first-order valence-corrected chi connectivity index (χ1v) is 6.32. The molecule has 98 valence electrons. The molecular formula is C12H8BrClFN3O. The van der Waals surface area contributed by atoms with Crippen LogP contribution in [0.5, 0.6) is 0 Å². The van der Waals surface area contributed by atoms with Gasteiger partial charge in [-0.25, -0.2) is 9.37 Å². The Bertz CT molecular complexity index is 651. The van der Waals surface area contributed by atoms with Gasteiger partial charge in [-0.2, -0.15) is 0 Å². The highest BCUT2D eigenvalue weighted by Gasteiger charge is 2.12. The molecule has 3 N–H and O–H groups in total. The molecule has 0 spiro atoms. The van der Waals surface area contributed by atoms with Crippen LogP contribution in [-0.4, -0.2) is 10.9 Å². The molecule has 1 aromatic heterocycles. The second kappa shape index (κ2) is 5.54. The normalized spacial score (nSPS) is 10.3. The van der Waals surface area contributed by atoms with Crippen molar-refractivity contribution in [3.05, 3.63) is 51.3 Å². The van der Waals surface area contributed by atoms with E-state index in [9.17, 15) is 9.18 Å². The van der Waals surface area contributed by atoms with Gasteiger partial charge in [-0.15, -0.1) is 0 Å². The van der Waals surface area contributed by atoms with Crippen molar-refractivity contribution < 1.29 is 9.18 Å². The molecule has 1 heterocycles. The van der Waals surface area contributed by atoms with E-state index in [1.807, 2.05) is 0 Å². The minimum atomic E-state index is -0.485. The maximum absolute atomic E-state index is 13.3. The van der Waals surface area contributed by atoms with Gasteiger partial charge in [0.1, 0.15) is 11.6 Å². The Balaban J connectivity index is 2.25. The fourth-order valence-corrected chi connectivity index (χ4v) is 1.84. The molecule has 0 fully saturated rings. The average Bonchev–Trinajstić information content (AvgIpc) is 2.36. The predicted octanol–water partition coefficient (Wildman–Crippen LogP) is 3.47. The molecule has 0 bridgehead atoms. The molecule has 4 nitrogen and oxygen atoms in total. The smallest absolute Gasteiger partial charge is 0.257 e. The number of nitrogens with two attached hydrogens (primary N) is 1. The zero-order valence-corrected chi connectivity index (χ0v) is 11.8. The van der Waals surface area contributed by atoms with Crippen LogP contribution in [0, 0.1) is 5.82 Å². The molecule has 1 amide bonds. The summed E-state index contributed by atoms with van der Waals surface area (Å²) in [5.74, 6) is -0.782. The van der Waals surface area contributed by atoms with E-state index >= 15 is 0 Å². The van der Waals surface area contributed by atoms with Crippen LogP contribution in [0.4, 0.5) is 15.9 Å². The molecule has 2 rings (SSSR count). The number of hydrogen-bond acceptors (Lipinski definition) is 3. The van der Waals surface area contributed by atoms with Crippen molar-refractivity contribution in [2.24, 2.45) is 0 Å². The number of amides is 1. The summed E-state index contributed by atoms with van der Waals surface area (Å²) in [5, 5.41) is 2.70. The van der Waals surface area contributed by atoms with Crippen LogP contribution in [-0.2, 0) is 0 Å². The number of carbonyl (C=O) groups excluding carboxylic acids is 1. The maximum atomic E-state index is 13.3. The minimum absolute atomic E-state index is 0.171. The van der Waals surface area contributed by atoms with E-state index in [1.165, 1.54) is 24.4 Å². The lowest BCUT2D eigenvalue weighted by atomic mass is 10.2. The van der Waals surface area contributed by atoms with Crippen LogP contribution >= 0.6 is 27.5 Å². The third-order valence-corrected chi connectivity index (χ3v) is 3.24. The first-order chi connectivity index (χ1) is 8.97. The highest BCUT2D eigenvalue weighted by atomic mass is 79.9. The summed E-state index contributed by atoms with van der Waals surface area (Å²) in [5.41, 5.74) is 5.98. The zero-order chi connectivity index (χ0) is 14.0. The van der Waals surface area contributed by atoms with Gasteiger partial charge in [0, 0.05) is 11.9 Å². The second-order valence-corrected chi connectivity index (χ2v) is 4.93. The van der Waals surface area contributed by atoms with E-state index in [1.54, 1.807) is 6.07 Å². The van der Waals surface area contributed by atoms with Crippen molar-refractivity contribution in [2.75, 3.05) is 11.1 Å². The number of nitrogen functional groups attached to an aromatic ring is 1. The molecule has 7 heteroatoms. The van der Waals surface area contributed by atoms with Gasteiger partial charge in [0.25, 0.3) is 5.91 Å². The molecule has 0 aliphatic carbocycles. The van der Waals surface area contributed by atoms with E-state index in [2.05, 4.69) is 26.2 Å². The highest BCUT2D eigenvalue weighted by Crippen LogP contribution is 2.22. The number of benzene rings is 1. The first kappa shape index (κ1) is 13.8. The molecule has 0 aliphatic heterocycles. The maximum Gasteiger partial charge on any atom is 0.257 e. The van der Waals surface area contributed by atoms with Crippen LogP contribution < -0.4 is 11.1 Å². The van der Waals surface area contributed by atoms with Crippen LogP contribution in [0.1, 0.15) is 10.4 Å². The number of pyridine rings is 1. The zero-order valence-electron chi connectivity index (χ0n) is 9.45. The molecule has 0 aliphatic rings. The molecule has 1 aromatic carbocycles. The fraction of sp³-hybridized carbons (Fsp3) is 0. The molecule has 0 atom stereocenters. The Kier molecular flexibility index (Phi) is 4.01. The molecule has 0 saturated carbocycles. The van der Waals surface area contributed by atoms with Gasteiger partial charge in [0.2, 0.25) is 0 Å². The topological polar surface area (TPSA) is 68.0 Å². The van der Waals surface area contributed by atoms with Gasteiger partial charge in [-0.05, 0) is 40.2 Å². The molecule has 0 unspecified atom stereocenters. The number of aromatic nitrogens is 1. The summed E-state index contributed by atoms with van der Waals surface area (Å²) >= 11 is 8.88. The Labute approximate surface area is 121 Å². The molecule has 19 heavy (non-hydrogen) atoms. The Morgan fingerprint density at radius 3 is 2.84 bits per heavy atom. The fourth-order valence-electron chi connectivity index (χ4n) is 1.40.